The monoisotopic (exact) mass is 426 g/mol. The molecular formula is C27H26N2O3. The van der Waals surface area contributed by atoms with Crippen LogP contribution in [0.1, 0.15) is 25.0 Å². The topological polar surface area (TPSA) is 51.1 Å². The van der Waals surface area contributed by atoms with E-state index in [0.717, 1.165) is 16.8 Å². The van der Waals surface area contributed by atoms with Crippen LogP contribution in [0.2, 0.25) is 0 Å². The molecule has 5 heteroatoms. The van der Waals surface area contributed by atoms with Gasteiger partial charge in [0.1, 0.15) is 5.71 Å². The minimum Gasteiger partial charge on any atom is -0.493 e. The fraction of sp³-hybridized carbons (Fsp3) is 0.185. The van der Waals surface area contributed by atoms with E-state index >= 15 is 0 Å². The molecule has 1 amide bonds. The molecular weight excluding hydrogens is 400 g/mol. The number of hydrogen-bond acceptors (Lipinski definition) is 4. The van der Waals surface area contributed by atoms with Crippen molar-refractivity contribution in [1.82, 2.24) is 0 Å². The third kappa shape index (κ3) is 4.57. The maximum Gasteiger partial charge on any atom is 0.281 e. The van der Waals surface area contributed by atoms with E-state index in [4.69, 9.17) is 9.47 Å². The summed E-state index contributed by atoms with van der Waals surface area (Å²) < 4.78 is 11.4. The van der Waals surface area contributed by atoms with Crippen molar-refractivity contribution in [1.29, 1.82) is 0 Å². The van der Waals surface area contributed by atoms with Gasteiger partial charge in [-0.2, -0.15) is 10.1 Å². The Morgan fingerprint density at radius 3 is 2.28 bits per heavy atom. The molecule has 0 aromatic heterocycles. The van der Waals surface area contributed by atoms with E-state index in [1.165, 1.54) is 5.01 Å². The number of ether oxygens (including phenoxy) is 2. The zero-order valence-electron chi connectivity index (χ0n) is 18.5. The molecule has 1 aliphatic rings. The second kappa shape index (κ2) is 9.52. The molecule has 0 radical (unpaired) electrons. The zero-order valence-corrected chi connectivity index (χ0v) is 18.5. The van der Waals surface area contributed by atoms with Gasteiger partial charge in [0.15, 0.2) is 11.5 Å². The first-order valence-corrected chi connectivity index (χ1v) is 10.6. The van der Waals surface area contributed by atoms with Crippen molar-refractivity contribution in [2.45, 2.75) is 13.8 Å². The number of amides is 1. The number of carbonyl (C=O) groups excluding carboxylic acids is 1. The summed E-state index contributed by atoms with van der Waals surface area (Å²) in [7, 11) is 1.61. The highest BCUT2D eigenvalue weighted by Crippen LogP contribution is 2.32. The van der Waals surface area contributed by atoms with Crippen molar-refractivity contribution in [2.75, 3.05) is 18.7 Å². The summed E-state index contributed by atoms with van der Waals surface area (Å²) in [6, 6.07) is 24.9. The average molecular weight is 427 g/mol. The number of rotatable bonds is 7. The average Bonchev–Trinajstić information content (AvgIpc) is 3.15. The number of carbonyl (C=O) groups is 1. The van der Waals surface area contributed by atoms with E-state index in [0.29, 0.717) is 35.3 Å². The highest BCUT2D eigenvalue weighted by Gasteiger charge is 2.32. The standard InChI is InChI=1S/C27H26N2O3/c1-19(2)18-32-24-15-14-20(17-25(24)31-3)16-23-26(21-10-6-4-7-11-21)28-29(27(23)30)22-12-8-5-9-13-22/h4-17,19H,18H2,1-3H3. The summed E-state index contributed by atoms with van der Waals surface area (Å²) in [5.41, 5.74) is 3.61. The van der Waals surface area contributed by atoms with E-state index in [-0.39, 0.29) is 5.91 Å². The minimum atomic E-state index is -0.172. The molecule has 0 bridgehead atoms. The molecule has 32 heavy (non-hydrogen) atoms. The van der Waals surface area contributed by atoms with Gasteiger partial charge in [0.2, 0.25) is 0 Å². The Morgan fingerprint density at radius 1 is 0.938 bits per heavy atom. The number of benzene rings is 3. The molecule has 1 heterocycles. The number of methoxy groups -OCH3 is 1. The second-order valence-corrected chi connectivity index (χ2v) is 7.94. The second-order valence-electron chi connectivity index (χ2n) is 7.94. The number of hydrogen-bond donors (Lipinski definition) is 0. The summed E-state index contributed by atoms with van der Waals surface area (Å²) in [5, 5.41) is 6.12. The molecule has 3 aromatic rings. The number of nitrogens with zero attached hydrogens (tertiary/aromatic N) is 2. The Morgan fingerprint density at radius 2 is 1.62 bits per heavy atom. The van der Waals surface area contributed by atoms with Crippen LogP contribution in [0.3, 0.4) is 0 Å². The molecule has 0 aliphatic carbocycles. The summed E-state index contributed by atoms with van der Waals surface area (Å²) in [6.07, 6.45) is 1.85. The van der Waals surface area contributed by atoms with Gasteiger partial charge in [-0.15, -0.1) is 0 Å². The van der Waals surface area contributed by atoms with Crippen LogP contribution < -0.4 is 14.5 Å². The molecule has 0 fully saturated rings. The Hall–Kier alpha value is -3.86. The predicted octanol–water partition coefficient (Wildman–Crippen LogP) is 5.56. The van der Waals surface area contributed by atoms with Gasteiger partial charge < -0.3 is 9.47 Å². The number of anilines is 1. The largest absolute Gasteiger partial charge is 0.493 e. The first-order valence-electron chi connectivity index (χ1n) is 10.6. The Kier molecular flexibility index (Phi) is 6.36. The van der Waals surface area contributed by atoms with E-state index in [9.17, 15) is 4.79 Å². The quantitative estimate of drug-likeness (QED) is 0.465. The molecule has 1 aliphatic heterocycles. The molecule has 0 unspecified atom stereocenters. The summed E-state index contributed by atoms with van der Waals surface area (Å²) in [4.78, 5) is 13.4. The molecule has 0 saturated heterocycles. The van der Waals surface area contributed by atoms with Gasteiger partial charge in [-0.1, -0.05) is 68.4 Å². The molecule has 5 nitrogen and oxygen atoms in total. The Labute approximate surface area is 188 Å². The first-order chi connectivity index (χ1) is 15.6. The fourth-order valence-electron chi connectivity index (χ4n) is 3.41. The normalized spacial score (nSPS) is 14.8. The van der Waals surface area contributed by atoms with Gasteiger partial charge in [0.05, 0.1) is 25.0 Å². The third-order valence-electron chi connectivity index (χ3n) is 5.00. The lowest BCUT2D eigenvalue weighted by atomic mass is 10.00. The molecule has 0 spiro atoms. The lowest BCUT2D eigenvalue weighted by Crippen LogP contribution is -2.21. The van der Waals surface area contributed by atoms with Crippen LogP contribution in [0.25, 0.3) is 6.08 Å². The maximum atomic E-state index is 13.4. The summed E-state index contributed by atoms with van der Waals surface area (Å²) in [5.74, 6) is 1.55. The van der Waals surface area contributed by atoms with Crippen LogP contribution >= 0.6 is 0 Å². The SMILES string of the molecule is COc1cc(C=C2C(=O)N(c3ccccc3)N=C2c2ccccc2)ccc1OCC(C)C. The highest BCUT2D eigenvalue weighted by atomic mass is 16.5. The summed E-state index contributed by atoms with van der Waals surface area (Å²) >= 11 is 0. The van der Waals surface area contributed by atoms with Crippen LogP contribution in [0.15, 0.2) is 89.5 Å². The lowest BCUT2D eigenvalue weighted by molar-refractivity contribution is -0.114. The minimum absolute atomic E-state index is 0.172. The fourth-order valence-corrected chi connectivity index (χ4v) is 3.41. The Bertz CT molecular complexity index is 1150. The number of hydrazone groups is 1. The van der Waals surface area contributed by atoms with Gasteiger partial charge in [0, 0.05) is 5.56 Å². The Balaban J connectivity index is 1.73. The van der Waals surface area contributed by atoms with Crippen LogP contribution in [-0.4, -0.2) is 25.3 Å². The van der Waals surface area contributed by atoms with Crippen LogP contribution in [0.4, 0.5) is 5.69 Å². The molecule has 0 atom stereocenters. The van der Waals surface area contributed by atoms with Gasteiger partial charge in [-0.3, -0.25) is 4.79 Å². The van der Waals surface area contributed by atoms with Crippen molar-refractivity contribution < 1.29 is 14.3 Å². The number of para-hydroxylation sites is 1. The zero-order chi connectivity index (χ0) is 22.5. The van der Waals surface area contributed by atoms with Crippen molar-refractivity contribution in [2.24, 2.45) is 11.0 Å². The first kappa shape index (κ1) is 21.4. The van der Waals surface area contributed by atoms with Gasteiger partial charge in [0.25, 0.3) is 5.91 Å². The van der Waals surface area contributed by atoms with Gasteiger partial charge >= 0.3 is 0 Å². The van der Waals surface area contributed by atoms with E-state index in [1.807, 2.05) is 84.9 Å². The molecule has 0 N–H and O–H groups in total. The third-order valence-corrected chi connectivity index (χ3v) is 5.00. The van der Waals surface area contributed by atoms with E-state index in [1.54, 1.807) is 7.11 Å². The van der Waals surface area contributed by atoms with Gasteiger partial charge in [-0.05, 0) is 41.8 Å². The van der Waals surface area contributed by atoms with Crippen molar-refractivity contribution in [3.8, 4) is 11.5 Å². The van der Waals surface area contributed by atoms with Crippen molar-refractivity contribution in [3.63, 3.8) is 0 Å². The molecule has 4 rings (SSSR count). The van der Waals surface area contributed by atoms with Crippen molar-refractivity contribution >= 4 is 23.4 Å². The molecule has 162 valence electrons. The summed E-state index contributed by atoms with van der Waals surface area (Å²) in [6.45, 7) is 4.80. The van der Waals surface area contributed by atoms with E-state index < -0.39 is 0 Å². The van der Waals surface area contributed by atoms with Crippen molar-refractivity contribution in [3.05, 3.63) is 95.6 Å². The molecule has 3 aromatic carbocycles. The van der Waals surface area contributed by atoms with Crippen LogP contribution in [0, 0.1) is 5.92 Å². The molecule has 0 saturated carbocycles. The predicted molar refractivity (Wildman–Crippen MR) is 128 cm³/mol. The van der Waals surface area contributed by atoms with Gasteiger partial charge in [-0.25, -0.2) is 0 Å². The van der Waals surface area contributed by atoms with Crippen LogP contribution in [-0.2, 0) is 4.79 Å². The maximum absolute atomic E-state index is 13.4. The lowest BCUT2D eigenvalue weighted by Gasteiger charge is -2.13. The highest BCUT2D eigenvalue weighted by molar-refractivity contribution is 6.37. The smallest absolute Gasteiger partial charge is 0.281 e. The van der Waals surface area contributed by atoms with E-state index in [2.05, 4.69) is 18.9 Å². The van der Waals surface area contributed by atoms with Crippen LogP contribution in [0.5, 0.6) is 11.5 Å².